The van der Waals surface area contributed by atoms with Gasteiger partial charge in [0.2, 0.25) is 11.8 Å². The normalized spacial score (nSPS) is 16.9. The van der Waals surface area contributed by atoms with Crippen LogP contribution in [-0.4, -0.2) is 17.0 Å². The Labute approximate surface area is 107 Å². The molecule has 1 aromatic rings. The highest BCUT2D eigenvalue weighted by Gasteiger charge is 2.16. The third-order valence-corrected chi connectivity index (χ3v) is 3.06. The number of nitrogens with zero attached hydrogens (tertiary/aromatic N) is 1. The number of hydrogen-bond acceptors (Lipinski definition) is 3. The minimum Gasteiger partial charge on any atom is -0.474 e. The Morgan fingerprint density at radius 2 is 2.17 bits per heavy atom. The lowest BCUT2D eigenvalue weighted by Crippen LogP contribution is -2.20. The van der Waals surface area contributed by atoms with Crippen LogP contribution in [0.4, 0.5) is 0 Å². The van der Waals surface area contributed by atoms with E-state index >= 15 is 0 Å². The maximum absolute atomic E-state index is 10.7. The summed E-state index contributed by atoms with van der Waals surface area (Å²) in [5.41, 5.74) is 5.88. The summed E-state index contributed by atoms with van der Waals surface area (Å²) in [5, 5.41) is 0. The average Bonchev–Trinajstić information content (AvgIpc) is 2.39. The van der Waals surface area contributed by atoms with Gasteiger partial charge in [-0.3, -0.25) is 4.79 Å². The number of ether oxygens (including phenoxy) is 1. The first-order valence-electron chi connectivity index (χ1n) is 6.35. The molecule has 1 fully saturated rings. The molecule has 96 valence electrons. The summed E-state index contributed by atoms with van der Waals surface area (Å²) in [4.78, 5) is 15.0. The fraction of sp³-hybridized carbons (Fsp3) is 0.429. The minimum atomic E-state index is -0.470. The predicted molar refractivity (Wildman–Crippen MR) is 70.0 cm³/mol. The van der Waals surface area contributed by atoms with Gasteiger partial charge in [-0.05, 0) is 43.9 Å². The van der Waals surface area contributed by atoms with Gasteiger partial charge < -0.3 is 10.5 Å². The van der Waals surface area contributed by atoms with Crippen LogP contribution in [0.5, 0.6) is 5.88 Å². The number of rotatable bonds is 4. The van der Waals surface area contributed by atoms with Crippen molar-refractivity contribution in [3.63, 3.8) is 0 Å². The maximum atomic E-state index is 10.7. The first-order chi connectivity index (χ1) is 8.75. The third-order valence-electron chi connectivity index (χ3n) is 3.06. The monoisotopic (exact) mass is 246 g/mol. The van der Waals surface area contributed by atoms with Crippen molar-refractivity contribution in [2.45, 2.75) is 38.2 Å². The fourth-order valence-corrected chi connectivity index (χ4v) is 2.14. The van der Waals surface area contributed by atoms with Crippen molar-refractivity contribution in [1.29, 1.82) is 0 Å². The summed E-state index contributed by atoms with van der Waals surface area (Å²) in [6, 6.07) is 3.68. The van der Waals surface area contributed by atoms with Crippen LogP contribution >= 0.6 is 0 Å². The Hall–Kier alpha value is -1.84. The predicted octanol–water partition coefficient (Wildman–Crippen LogP) is 2.29. The van der Waals surface area contributed by atoms with Gasteiger partial charge in [-0.25, -0.2) is 4.98 Å². The number of carbonyl (C=O) groups excluding carboxylic acids is 1. The number of hydrogen-bond donors (Lipinski definition) is 1. The maximum Gasteiger partial charge on any atom is 0.241 e. The zero-order chi connectivity index (χ0) is 12.8. The van der Waals surface area contributed by atoms with E-state index in [9.17, 15) is 4.79 Å². The van der Waals surface area contributed by atoms with Crippen molar-refractivity contribution in [3.8, 4) is 5.88 Å². The van der Waals surface area contributed by atoms with Gasteiger partial charge in [0.15, 0.2) is 0 Å². The number of nitrogens with two attached hydrogens (primary N) is 1. The molecular weight excluding hydrogens is 228 g/mol. The zero-order valence-corrected chi connectivity index (χ0v) is 10.3. The Balaban J connectivity index is 2.08. The van der Waals surface area contributed by atoms with E-state index in [-0.39, 0.29) is 6.10 Å². The summed E-state index contributed by atoms with van der Waals surface area (Å²) in [7, 11) is 0. The van der Waals surface area contributed by atoms with Gasteiger partial charge >= 0.3 is 0 Å². The summed E-state index contributed by atoms with van der Waals surface area (Å²) in [6.07, 6.45) is 10.8. The van der Waals surface area contributed by atoms with E-state index in [4.69, 9.17) is 10.5 Å². The lowest BCUT2D eigenvalue weighted by molar-refractivity contribution is -0.113. The second-order valence-electron chi connectivity index (χ2n) is 4.51. The molecule has 1 aliphatic rings. The quantitative estimate of drug-likeness (QED) is 0.829. The highest BCUT2D eigenvalue weighted by Crippen LogP contribution is 2.24. The molecule has 0 saturated heterocycles. The summed E-state index contributed by atoms with van der Waals surface area (Å²) in [6.45, 7) is 0. The molecule has 2 rings (SSSR count). The van der Waals surface area contributed by atoms with Crippen LogP contribution in [-0.2, 0) is 4.79 Å². The summed E-state index contributed by atoms with van der Waals surface area (Å²) >= 11 is 0. The number of amides is 1. The largest absolute Gasteiger partial charge is 0.474 e. The molecule has 0 aliphatic heterocycles. The molecule has 0 bridgehead atoms. The Kier molecular flexibility index (Phi) is 4.34. The van der Waals surface area contributed by atoms with E-state index in [1.54, 1.807) is 12.3 Å². The fourth-order valence-electron chi connectivity index (χ4n) is 2.14. The van der Waals surface area contributed by atoms with Gasteiger partial charge in [0.1, 0.15) is 6.10 Å². The molecule has 18 heavy (non-hydrogen) atoms. The third kappa shape index (κ3) is 3.58. The van der Waals surface area contributed by atoms with Crippen LogP contribution in [0.3, 0.4) is 0 Å². The molecule has 1 heterocycles. The molecule has 4 nitrogen and oxygen atoms in total. The number of pyridine rings is 1. The van der Waals surface area contributed by atoms with Crippen molar-refractivity contribution in [2.24, 2.45) is 5.73 Å². The van der Waals surface area contributed by atoms with Gasteiger partial charge in [-0.15, -0.1) is 0 Å². The standard InChI is InChI=1S/C14H18N2O2/c15-13(17)9-8-11-5-4-10-16-14(11)18-12-6-2-1-3-7-12/h4-5,8-10,12H,1-3,6-7H2,(H2,15,17)/b9-8-. The highest BCUT2D eigenvalue weighted by atomic mass is 16.5. The van der Waals surface area contributed by atoms with Crippen LogP contribution in [0.2, 0.25) is 0 Å². The lowest BCUT2D eigenvalue weighted by Gasteiger charge is -2.23. The van der Waals surface area contributed by atoms with E-state index < -0.39 is 5.91 Å². The van der Waals surface area contributed by atoms with Crippen LogP contribution < -0.4 is 10.5 Å². The van der Waals surface area contributed by atoms with Crippen molar-refractivity contribution < 1.29 is 9.53 Å². The molecule has 0 atom stereocenters. The number of primary amides is 1. The van der Waals surface area contributed by atoms with Crippen LogP contribution in [0.25, 0.3) is 6.08 Å². The van der Waals surface area contributed by atoms with Crippen molar-refractivity contribution in [2.75, 3.05) is 0 Å². The van der Waals surface area contributed by atoms with Crippen molar-refractivity contribution in [3.05, 3.63) is 30.0 Å². The summed E-state index contributed by atoms with van der Waals surface area (Å²) < 4.78 is 5.90. The van der Waals surface area contributed by atoms with E-state index in [0.29, 0.717) is 5.88 Å². The second-order valence-corrected chi connectivity index (χ2v) is 4.51. The lowest BCUT2D eigenvalue weighted by atomic mass is 9.98. The van der Waals surface area contributed by atoms with Gasteiger partial charge in [0, 0.05) is 17.8 Å². The molecule has 2 N–H and O–H groups in total. The van der Waals surface area contributed by atoms with E-state index in [0.717, 1.165) is 18.4 Å². The van der Waals surface area contributed by atoms with Crippen LogP contribution in [0, 0.1) is 0 Å². The Morgan fingerprint density at radius 3 is 2.89 bits per heavy atom. The van der Waals surface area contributed by atoms with Gasteiger partial charge in [0.05, 0.1) is 0 Å². The number of carbonyl (C=O) groups is 1. The molecule has 1 aromatic heterocycles. The first-order valence-corrected chi connectivity index (χ1v) is 6.35. The molecule has 0 radical (unpaired) electrons. The zero-order valence-electron chi connectivity index (χ0n) is 10.3. The van der Waals surface area contributed by atoms with Gasteiger partial charge in [0.25, 0.3) is 0 Å². The Morgan fingerprint density at radius 1 is 1.39 bits per heavy atom. The topological polar surface area (TPSA) is 65.2 Å². The first kappa shape index (κ1) is 12.6. The molecule has 0 unspecified atom stereocenters. The van der Waals surface area contributed by atoms with E-state index in [1.807, 2.05) is 12.1 Å². The van der Waals surface area contributed by atoms with Gasteiger partial charge in [-0.1, -0.05) is 6.42 Å². The Bertz CT molecular complexity index is 437. The molecule has 1 amide bonds. The van der Waals surface area contributed by atoms with Crippen LogP contribution in [0.1, 0.15) is 37.7 Å². The van der Waals surface area contributed by atoms with Crippen LogP contribution in [0.15, 0.2) is 24.4 Å². The summed E-state index contributed by atoms with van der Waals surface area (Å²) in [5.74, 6) is 0.115. The van der Waals surface area contributed by atoms with Crippen molar-refractivity contribution >= 4 is 12.0 Å². The van der Waals surface area contributed by atoms with E-state index in [2.05, 4.69) is 4.98 Å². The smallest absolute Gasteiger partial charge is 0.241 e. The van der Waals surface area contributed by atoms with Gasteiger partial charge in [-0.2, -0.15) is 0 Å². The minimum absolute atomic E-state index is 0.245. The molecule has 1 aliphatic carbocycles. The molecule has 0 aromatic carbocycles. The molecular formula is C14H18N2O2. The van der Waals surface area contributed by atoms with Crippen molar-refractivity contribution in [1.82, 2.24) is 4.98 Å². The second kappa shape index (κ2) is 6.19. The molecule has 4 heteroatoms. The number of aromatic nitrogens is 1. The average molecular weight is 246 g/mol. The highest BCUT2D eigenvalue weighted by molar-refractivity contribution is 5.90. The SMILES string of the molecule is NC(=O)/C=C\c1cccnc1OC1CCCCC1. The molecule has 0 spiro atoms. The van der Waals surface area contributed by atoms with E-state index in [1.165, 1.54) is 25.3 Å². The molecule has 1 saturated carbocycles.